The lowest BCUT2D eigenvalue weighted by Gasteiger charge is -2.23. The maximum absolute atomic E-state index is 12.6. The molecule has 0 aromatic heterocycles. The third-order valence-electron chi connectivity index (χ3n) is 4.31. The molecule has 1 aromatic carbocycles. The predicted molar refractivity (Wildman–Crippen MR) is 87.2 cm³/mol. The summed E-state index contributed by atoms with van der Waals surface area (Å²) in [5.41, 5.74) is 1.99. The molecule has 4 nitrogen and oxygen atoms in total. The predicted octanol–water partition coefficient (Wildman–Crippen LogP) is 2.07. The van der Waals surface area contributed by atoms with E-state index < -0.39 is 10.0 Å². The van der Waals surface area contributed by atoms with E-state index in [2.05, 4.69) is 5.32 Å². The minimum absolute atomic E-state index is 0. The number of hydrogen-bond acceptors (Lipinski definition) is 3. The van der Waals surface area contributed by atoms with E-state index in [0.717, 1.165) is 24.0 Å². The zero-order valence-electron chi connectivity index (χ0n) is 12.3. The molecule has 0 spiro atoms. The van der Waals surface area contributed by atoms with Crippen LogP contribution in [-0.2, 0) is 15.8 Å². The van der Waals surface area contributed by atoms with Crippen molar-refractivity contribution in [3.05, 3.63) is 35.4 Å². The molecule has 1 aromatic rings. The van der Waals surface area contributed by atoms with Crippen molar-refractivity contribution in [2.45, 2.75) is 44.0 Å². The fourth-order valence-electron chi connectivity index (χ4n) is 3.27. The van der Waals surface area contributed by atoms with Gasteiger partial charge in [-0.3, -0.25) is 0 Å². The van der Waals surface area contributed by atoms with Gasteiger partial charge in [0.25, 0.3) is 0 Å². The number of aryl methyl sites for hydroxylation is 1. The Hall–Kier alpha value is -0.620. The van der Waals surface area contributed by atoms with Crippen molar-refractivity contribution >= 4 is 22.4 Å². The third kappa shape index (κ3) is 3.97. The Morgan fingerprint density at radius 2 is 2.00 bits per heavy atom. The van der Waals surface area contributed by atoms with Gasteiger partial charge in [0.05, 0.1) is 5.75 Å². The average molecular weight is 331 g/mol. The molecule has 2 aliphatic heterocycles. The molecule has 0 aliphatic carbocycles. The number of benzene rings is 1. The second-order valence-electron chi connectivity index (χ2n) is 6.03. The van der Waals surface area contributed by atoms with E-state index in [0.29, 0.717) is 25.2 Å². The Labute approximate surface area is 133 Å². The van der Waals surface area contributed by atoms with E-state index in [-0.39, 0.29) is 18.2 Å². The van der Waals surface area contributed by atoms with Crippen molar-refractivity contribution in [2.75, 3.05) is 13.1 Å². The Kier molecular flexibility index (Phi) is 5.30. The summed E-state index contributed by atoms with van der Waals surface area (Å²) in [6.45, 7) is 3.28. The van der Waals surface area contributed by atoms with Crippen LogP contribution in [0.15, 0.2) is 24.3 Å². The number of nitrogens with zero attached hydrogens (tertiary/aromatic N) is 1. The van der Waals surface area contributed by atoms with Gasteiger partial charge in [-0.05, 0) is 31.7 Å². The molecule has 1 N–H and O–H groups in total. The first-order valence-corrected chi connectivity index (χ1v) is 8.93. The summed E-state index contributed by atoms with van der Waals surface area (Å²) in [5.74, 6) is 0.117. The molecule has 0 amide bonds. The molecule has 2 bridgehead atoms. The summed E-state index contributed by atoms with van der Waals surface area (Å²) in [7, 11) is -3.21. The summed E-state index contributed by atoms with van der Waals surface area (Å²) in [4.78, 5) is 0. The number of halogens is 1. The SMILES string of the molecule is Cc1cccc(CS(=O)(=O)N2CCC3CCC(C2)N3)c1.Cl. The number of nitrogens with one attached hydrogen (secondary N) is 1. The third-order valence-corrected chi connectivity index (χ3v) is 6.13. The topological polar surface area (TPSA) is 49.4 Å². The van der Waals surface area contributed by atoms with Gasteiger partial charge >= 0.3 is 0 Å². The van der Waals surface area contributed by atoms with Gasteiger partial charge in [-0.15, -0.1) is 12.4 Å². The van der Waals surface area contributed by atoms with Crippen molar-refractivity contribution in [1.82, 2.24) is 9.62 Å². The molecule has 0 radical (unpaired) electrons. The van der Waals surface area contributed by atoms with Gasteiger partial charge in [-0.1, -0.05) is 29.8 Å². The highest BCUT2D eigenvalue weighted by atomic mass is 35.5. The van der Waals surface area contributed by atoms with Crippen molar-refractivity contribution in [3.63, 3.8) is 0 Å². The summed E-state index contributed by atoms with van der Waals surface area (Å²) in [6.07, 6.45) is 3.22. The second kappa shape index (κ2) is 6.65. The largest absolute Gasteiger partial charge is 0.310 e. The highest BCUT2D eigenvalue weighted by Crippen LogP contribution is 2.23. The molecule has 21 heavy (non-hydrogen) atoms. The molecule has 2 aliphatic rings. The van der Waals surface area contributed by atoms with Crippen molar-refractivity contribution in [1.29, 1.82) is 0 Å². The van der Waals surface area contributed by atoms with Crippen LogP contribution in [0.5, 0.6) is 0 Å². The second-order valence-corrected chi connectivity index (χ2v) is 8.00. The number of fused-ring (bicyclic) bond motifs is 2. The number of rotatable bonds is 3. The summed E-state index contributed by atoms with van der Waals surface area (Å²) < 4.78 is 26.9. The fourth-order valence-corrected chi connectivity index (χ4v) is 4.84. The molecular weight excluding hydrogens is 308 g/mol. The maximum Gasteiger partial charge on any atom is 0.218 e. The Bertz CT molecular complexity index is 591. The van der Waals surface area contributed by atoms with E-state index in [1.165, 1.54) is 6.42 Å². The maximum atomic E-state index is 12.6. The average Bonchev–Trinajstić information content (AvgIpc) is 2.67. The minimum Gasteiger partial charge on any atom is -0.310 e. The van der Waals surface area contributed by atoms with Crippen LogP contribution in [0.2, 0.25) is 0 Å². The van der Waals surface area contributed by atoms with Gasteiger partial charge in [-0.2, -0.15) is 0 Å². The molecule has 6 heteroatoms. The fraction of sp³-hybridized carbons (Fsp3) is 0.600. The summed E-state index contributed by atoms with van der Waals surface area (Å²) in [5, 5.41) is 3.52. The van der Waals surface area contributed by atoms with E-state index in [4.69, 9.17) is 0 Å². The molecular formula is C15H23ClN2O2S. The normalized spacial score (nSPS) is 26.1. The van der Waals surface area contributed by atoms with Crippen LogP contribution in [0.1, 0.15) is 30.4 Å². The van der Waals surface area contributed by atoms with Crippen molar-refractivity contribution < 1.29 is 8.42 Å². The Morgan fingerprint density at radius 1 is 1.24 bits per heavy atom. The van der Waals surface area contributed by atoms with E-state index in [1.54, 1.807) is 4.31 Å². The highest BCUT2D eigenvalue weighted by Gasteiger charge is 2.34. The zero-order valence-corrected chi connectivity index (χ0v) is 13.9. The van der Waals surface area contributed by atoms with Crippen LogP contribution in [0.3, 0.4) is 0 Å². The van der Waals surface area contributed by atoms with Crippen LogP contribution in [0.25, 0.3) is 0 Å². The lowest BCUT2D eigenvalue weighted by Crippen LogP contribution is -2.39. The van der Waals surface area contributed by atoms with E-state index >= 15 is 0 Å². The molecule has 2 saturated heterocycles. The van der Waals surface area contributed by atoms with Crippen LogP contribution < -0.4 is 5.32 Å². The van der Waals surface area contributed by atoms with Gasteiger partial charge in [0, 0.05) is 25.2 Å². The Morgan fingerprint density at radius 3 is 2.76 bits per heavy atom. The monoisotopic (exact) mass is 330 g/mol. The van der Waals surface area contributed by atoms with Crippen LogP contribution in [0.4, 0.5) is 0 Å². The van der Waals surface area contributed by atoms with Crippen molar-refractivity contribution in [3.8, 4) is 0 Å². The minimum atomic E-state index is -3.21. The van der Waals surface area contributed by atoms with Gasteiger partial charge in [0.1, 0.15) is 0 Å². The smallest absolute Gasteiger partial charge is 0.218 e. The Balaban J connectivity index is 0.00000161. The van der Waals surface area contributed by atoms with Crippen LogP contribution in [0, 0.1) is 6.92 Å². The molecule has 2 atom stereocenters. The lowest BCUT2D eigenvalue weighted by molar-refractivity contribution is 0.383. The van der Waals surface area contributed by atoms with Crippen LogP contribution >= 0.6 is 12.4 Å². The van der Waals surface area contributed by atoms with E-state index in [9.17, 15) is 8.42 Å². The first-order chi connectivity index (χ1) is 9.53. The van der Waals surface area contributed by atoms with Gasteiger partial charge in [-0.25, -0.2) is 12.7 Å². The number of hydrogen-bond donors (Lipinski definition) is 1. The van der Waals surface area contributed by atoms with Gasteiger partial charge in [0.2, 0.25) is 10.0 Å². The first kappa shape index (κ1) is 16.7. The summed E-state index contributed by atoms with van der Waals surface area (Å²) in [6, 6.07) is 8.62. The van der Waals surface area contributed by atoms with Crippen molar-refractivity contribution in [2.24, 2.45) is 0 Å². The highest BCUT2D eigenvalue weighted by molar-refractivity contribution is 7.88. The number of sulfonamides is 1. The summed E-state index contributed by atoms with van der Waals surface area (Å²) >= 11 is 0. The zero-order chi connectivity index (χ0) is 14.2. The standard InChI is InChI=1S/C15H22N2O2S.ClH/c1-12-3-2-4-13(9-12)11-20(18,19)17-8-7-14-5-6-15(10-17)16-14;/h2-4,9,14-16H,5-8,10-11H2,1H3;1H. The molecule has 0 saturated carbocycles. The van der Waals surface area contributed by atoms with Gasteiger partial charge in [0.15, 0.2) is 0 Å². The quantitative estimate of drug-likeness (QED) is 0.923. The van der Waals surface area contributed by atoms with E-state index in [1.807, 2.05) is 31.2 Å². The lowest BCUT2D eigenvalue weighted by atomic mass is 10.1. The molecule has 118 valence electrons. The van der Waals surface area contributed by atoms with Gasteiger partial charge < -0.3 is 5.32 Å². The molecule has 2 unspecified atom stereocenters. The molecule has 3 rings (SSSR count). The molecule has 2 heterocycles. The van der Waals surface area contributed by atoms with Crippen LogP contribution in [-0.4, -0.2) is 37.9 Å². The molecule has 2 fully saturated rings. The first-order valence-electron chi connectivity index (χ1n) is 7.32.